The van der Waals surface area contributed by atoms with Gasteiger partial charge in [-0.1, -0.05) is 12.1 Å². The van der Waals surface area contributed by atoms with Crippen molar-refractivity contribution < 1.29 is 17.5 Å². The second kappa shape index (κ2) is 5.49. The third kappa shape index (κ3) is 2.09. The van der Waals surface area contributed by atoms with E-state index in [1.807, 2.05) is 0 Å². The first kappa shape index (κ1) is 17.4. The summed E-state index contributed by atoms with van der Waals surface area (Å²) < 4.78 is 48.4. The molecule has 134 valence electrons. The normalized spacial score (nSPS) is 18.2. The molecule has 7 heteroatoms. The standard InChI is InChI=1S/C19H17BBrF3N2/c1-10-8-12(3)25-18(10)16(14-6-5-7-15(21)17(14)22)19-11(2)9-13(4)26(19)20(25,23)24/h5-9H,1-4H3. The SMILES string of the molecule is CC1=CC(C)=[N+]2C1=C(c1cccc(Br)c1F)c1c(C)cc(C)n1[B-]2(F)F. The minimum atomic E-state index is -4.04. The van der Waals surface area contributed by atoms with E-state index in [1.54, 1.807) is 58.0 Å². The second-order valence-corrected chi connectivity index (χ2v) is 7.79. The van der Waals surface area contributed by atoms with E-state index in [2.05, 4.69) is 15.9 Å². The van der Waals surface area contributed by atoms with E-state index in [1.165, 1.54) is 0 Å². The van der Waals surface area contributed by atoms with Gasteiger partial charge < -0.3 is 17.6 Å². The molecular weight excluding hydrogens is 404 g/mol. The Morgan fingerprint density at radius 2 is 1.81 bits per heavy atom. The van der Waals surface area contributed by atoms with E-state index in [4.69, 9.17) is 0 Å². The van der Waals surface area contributed by atoms with Crippen LogP contribution in [0.1, 0.15) is 36.4 Å². The molecule has 0 spiro atoms. The first-order valence-corrected chi connectivity index (χ1v) is 9.17. The van der Waals surface area contributed by atoms with Crippen LogP contribution >= 0.6 is 15.9 Å². The molecule has 0 N–H and O–H groups in total. The van der Waals surface area contributed by atoms with E-state index >= 15 is 8.63 Å². The Hall–Kier alpha value is -2.02. The molecule has 1 aromatic carbocycles. The molecule has 0 saturated carbocycles. The van der Waals surface area contributed by atoms with Crippen molar-refractivity contribution in [1.82, 2.24) is 4.48 Å². The molecule has 3 heterocycles. The van der Waals surface area contributed by atoms with Crippen molar-refractivity contribution in [2.75, 3.05) is 0 Å². The number of nitrogens with zero attached hydrogens (tertiary/aromatic N) is 2. The number of hydrogen-bond donors (Lipinski definition) is 0. The first-order chi connectivity index (χ1) is 12.2. The topological polar surface area (TPSA) is 7.94 Å². The highest BCUT2D eigenvalue weighted by molar-refractivity contribution is 9.10. The summed E-state index contributed by atoms with van der Waals surface area (Å²) in [6.45, 7) is 2.87. The van der Waals surface area contributed by atoms with E-state index < -0.39 is 12.8 Å². The fourth-order valence-electron chi connectivity index (χ4n) is 4.25. The lowest BCUT2D eigenvalue weighted by atomic mass is 9.83. The van der Waals surface area contributed by atoms with Crippen molar-refractivity contribution in [3.05, 3.63) is 74.4 Å². The summed E-state index contributed by atoms with van der Waals surface area (Å²) in [4.78, 5) is 0. The molecule has 0 saturated heterocycles. The lowest BCUT2D eigenvalue weighted by Crippen LogP contribution is -2.51. The Balaban J connectivity index is 2.22. The molecule has 0 unspecified atom stereocenters. The Morgan fingerprint density at radius 3 is 2.50 bits per heavy atom. The van der Waals surface area contributed by atoms with Gasteiger partial charge in [0.2, 0.25) is 0 Å². The highest BCUT2D eigenvalue weighted by atomic mass is 79.9. The Morgan fingerprint density at radius 1 is 1.12 bits per heavy atom. The Kier molecular flexibility index (Phi) is 3.67. The van der Waals surface area contributed by atoms with Crippen LogP contribution in [-0.2, 0) is 0 Å². The van der Waals surface area contributed by atoms with Crippen LogP contribution in [0.5, 0.6) is 0 Å². The zero-order chi connectivity index (χ0) is 19.0. The van der Waals surface area contributed by atoms with Crippen molar-refractivity contribution in [2.45, 2.75) is 27.7 Å². The largest absolute Gasteiger partial charge is 0.737 e. The van der Waals surface area contributed by atoms with Crippen LogP contribution in [0.25, 0.3) is 5.57 Å². The van der Waals surface area contributed by atoms with Gasteiger partial charge in [-0.3, -0.25) is 0 Å². The van der Waals surface area contributed by atoms with Crippen LogP contribution in [0.4, 0.5) is 13.0 Å². The minimum Gasteiger partial charge on any atom is -0.393 e. The van der Waals surface area contributed by atoms with Crippen LogP contribution in [-0.4, -0.2) is 21.6 Å². The van der Waals surface area contributed by atoms with Gasteiger partial charge in [-0.15, -0.1) is 0 Å². The van der Waals surface area contributed by atoms with Gasteiger partial charge in [-0.2, -0.15) is 0 Å². The first-order valence-electron chi connectivity index (χ1n) is 8.37. The van der Waals surface area contributed by atoms with Crippen molar-refractivity contribution in [1.29, 1.82) is 0 Å². The van der Waals surface area contributed by atoms with Crippen molar-refractivity contribution in [3.8, 4) is 0 Å². The maximum atomic E-state index is 15.5. The average Bonchev–Trinajstić information content (AvgIpc) is 3.01. The van der Waals surface area contributed by atoms with Gasteiger partial charge in [0.05, 0.1) is 10.0 Å². The summed E-state index contributed by atoms with van der Waals surface area (Å²) in [5, 5.41) is 0. The molecule has 0 fully saturated rings. The van der Waals surface area contributed by atoms with Gasteiger partial charge in [0.25, 0.3) is 0 Å². The van der Waals surface area contributed by atoms with Crippen molar-refractivity contribution in [3.63, 3.8) is 0 Å². The highest BCUT2D eigenvalue weighted by Crippen LogP contribution is 2.45. The molecule has 0 amide bonds. The van der Waals surface area contributed by atoms with Gasteiger partial charge >= 0.3 is 6.97 Å². The lowest BCUT2D eigenvalue weighted by molar-refractivity contribution is -0.363. The van der Waals surface area contributed by atoms with E-state index in [0.29, 0.717) is 49.5 Å². The predicted molar refractivity (Wildman–Crippen MR) is 102 cm³/mol. The summed E-state index contributed by atoms with van der Waals surface area (Å²) in [6, 6.07) is 6.70. The second-order valence-electron chi connectivity index (χ2n) is 6.94. The number of fused-ring (bicyclic) bond motifs is 2. The summed E-state index contributed by atoms with van der Waals surface area (Å²) in [6.07, 6.45) is 1.73. The number of aryl methyl sites for hydroxylation is 2. The van der Waals surface area contributed by atoms with Gasteiger partial charge in [-0.05, 0) is 60.1 Å². The molecule has 4 rings (SSSR count). The van der Waals surface area contributed by atoms with Gasteiger partial charge in [0.1, 0.15) is 11.5 Å². The van der Waals surface area contributed by atoms with E-state index in [9.17, 15) is 4.39 Å². The average molecular weight is 421 g/mol. The van der Waals surface area contributed by atoms with Crippen LogP contribution in [0.3, 0.4) is 0 Å². The highest BCUT2D eigenvalue weighted by Gasteiger charge is 2.55. The van der Waals surface area contributed by atoms with Gasteiger partial charge in [0.15, 0.2) is 5.70 Å². The van der Waals surface area contributed by atoms with Crippen LogP contribution in [0.15, 0.2) is 46.1 Å². The molecule has 26 heavy (non-hydrogen) atoms. The molecule has 2 aliphatic heterocycles. The van der Waals surface area contributed by atoms with E-state index in [-0.39, 0.29) is 0 Å². The molecule has 1 aromatic heterocycles. The monoisotopic (exact) mass is 420 g/mol. The Labute approximate surface area is 158 Å². The third-order valence-corrected chi connectivity index (χ3v) is 5.77. The molecule has 0 bridgehead atoms. The Bertz CT molecular complexity index is 1080. The third-order valence-electron chi connectivity index (χ3n) is 5.16. The number of benzene rings is 1. The molecular formula is C19H17BBrF3N2. The predicted octanol–water partition coefficient (Wildman–Crippen LogP) is 5.44. The van der Waals surface area contributed by atoms with Crippen molar-refractivity contribution >= 4 is 34.2 Å². The summed E-state index contributed by atoms with van der Waals surface area (Å²) in [7, 11) is 0. The number of aromatic nitrogens is 1. The minimum absolute atomic E-state index is 0.310. The smallest absolute Gasteiger partial charge is 0.393 e. The summed E-state index contributed by atoms with van der Waals surface area (Å²) in [5.74, 6) is -0.449. The van der Waals surface area contributed by atoms with Gasteiger partial charge in [-0.25, -0.2) is 4.39 Å². The molecule has 2 aliphatic rings. The van der Waals surface area contributed by atoms with Crippen LogP contribution < -0.4 is 0 Å². The number of rotatable bonds is 1. The molecule has 0 aliphatic carbocycles. The van der Waals surface area contributed by atoms with Crippen LogP contribution in [0, 0.1) is 19.7 Å². The molecule has 0 radical (unpaired) electrons. The van der Waals surface area contributed by atoms with E-state index in [0.717, 1.165) is 8.96 Å². The molecule has 2 nitrogen and oxygen atoms in total. The summed E-state index contributed by atoms with van der Waals surface area (Å²) >= 11 is 3.22. The molecule has 2 aromatic rings. The summed E-state index contributed by atoms with van der Waals surface area (Å²) in [5.41, 5.74) is 3.95. The maximum Gasteiger partial charge on any atom is 0.737 e. The van der Waals surface area contributed by atoms with Crippen LogP contribution in [0.2, 0.25) is 0 Å². The number of allylic oxidation sites excluding steroid dienone is 2. The number of halogens is 4. The molecule has 0 atom stereocenters. The number of hydrogen-bond acceptors (Lipinski definition) is 0. The van der Waals surface area contributed by atoms with Gasteiger partial charge in [0, 0.05) is 29.8 Å². The van der Waals surface area contributed by atoms with Crippen molar-refractivity contribution in [2.24, 2.45) is 0 Å². The zero-order valence-corrected chi connectivity index (χ0v) is 16.5. The lowest BCUT2D eigenvalue weighted by Gasteiger charge is -2.34. The fraction of sp³-hybridized carbons (Fsp3) is 0.211. The fourth-order valence-corrected chi connectivity index (χ4v) is 4.62. The zero-order valence-electron chi connectivity index (χ0n) is 14.9. The maximum absolute atomic E-state index is 15.5. The quantitative estimate of drug-likeness (QED) is 0.543.